The van der Waals surface area contributed by atoms with Gasteiger partial charge in [-0.05, 0) is 30.7 Å². The van der Waals surface area contributed by atoms with Gasteiger partial charge in [-0.3, -0.25) is 0 Å². The first-order chi connectivity index (χ1) is 9.93. The van der Waals surface area contributed by atoms with Crippen LogP contribution < -0.4 is 5.69 Å². The van der Waals surface area contributed by atoms with Crippen molar-refractivity contribution in [3.8, 4) is 0 Å². The summed E-state index contributed by atoms with van der Waals surface area (Å²) in [4.78, 5) is 18.6. The zero-order chi connectivity index (χ0) is 14.8. The first kappa shape index (κ1) is 12.8. The second-order valence-electron chi connectivity index (χ2n) is 7.18. The topological polar surface area (TPSA) is 71.8 Å². The van der Waals surface area contributed by atoms with Crippen molar-refractivity contribution in [1.82, 2.24) is 15.1 Å². The zero-order valence-corrected chi connectivity index (χ0v) is 12.6. The Balaban J connectivity index is 1.97. The van der Waals surface area contributed by atoms with Crippen LogP contribution in [0.2, 0.25) is 0 Å². The molecule has 0 saturated heterocycles. The molecule has 5 nitrogen and oxygen atoms in total. The number of fused-ring (bicyclic) bond motifs is 4. The fourth-order valence-electron chi connectivity index (χ4n) is 4.75. The Hall–Kier alpha value is -1.91. The van der Waals surface area contributed by atoms with Gasteiger partial charge in [0.25, 0.3) is 0 Å². The molecule has 0 radical (unpaired) electrons. The molecule has 0 bridgehead atoms. The van der Waals surface area contributed by atoms with Gasteiger partial charge in [-0.15, -0.1) is 0 Å². The third kappa shape index (κ3) is 1.54. The number of hydrogen-bond acceptors (Lipinski definition) is 4. The molecule has 2 aliphatic carbocycles. The molecule has 0 fully saturated rings. The molecule has 4 rings (SSSR count). The van der Waals surface area contributed by atoms with Gasteiger partial charge in [0.05, 0.1) is 6.20 Å². The van der Waals surface area contributed by atoms with Crippen molar-refractivity contribution in [3.05, 3.63) is 45.5 Å². The Morgan fingerprint density at radius 1 is 1.29 bits per heavy atom. The van der Waals surface area contributed by atoms with Crippen molar-refractivity contribution in [2.45, 2.75) is 50.9 Å². The van der Waals surface area contributed by atoms with Gasteiger partial charge in [0.2, 0.25) is 0 Å². The van der Waals surface area contributed by atoms with E-state index < -0.39 is 0 Å². The molecule has 0 saturated carbocycles. The van der Waals surface area contributed by atoms with Gasteiger partial charge in [-0.25, -0.2) is 9.78 Å². The van der Waals surface area contributed by atoms with E-state index in [0.717, 1.165) is 36.3 Å². The Morgan fingerprint density at radius 2 is 2.10 bits per heavy atom. The minimum Gasteiger partial charge on any atom is -0.361 e. The van der Waals surface area contributed by atoms with Crippen LogP contribution in [0, 0.1) is 5.92 Å². The van der Waals surface area contributed by atoms with Crippen molar-refractivity contribution >= 4 is 0 Å². The maximum Gasteiger partial charge on any atom is 0.345 e. The second-order valence-corrected chi connectivity index (χ2v) is 7.18. The average molecular weight is 285 g/mol. The fourth-order valence-corrected chi connectivity index (χ4v) is 4.75. The third-order valence-corrected chi connectivity index (χ3v) is 5.59. The van der Waals surface area contributed by atoms with E-state index in [1.165, 1.54) is 5.56 Å². The second kappa shape index (κ2) is 3.84. The number of nitrogens with zero attached hydrogens (tertiary/aromatic N) is 2. The van der Waals surface area contributed by atoms with Gasteiger partial charge in [-0.2, -0.15) is 0 Å². The number of hydrogen-bond donors (Lipinski definition) is 1. The standard InChI is InChI=1S/C16H19N3O2/c1-15(2)11-5-4-9-7-17-14(20)19-12(9)16(11,3)6-10-8-18-21-13(10)15/h7-8,11H,4-6H2,1-3H3,(H,17,19,20)/t11-,16-/m0/s1. The van der Waals surface area contributed by atoms with Gasteiger partial charge in [0, 0.05) is 28.3 Å². The molecule has 5 heteroatoms. The van der Waals surface area contributed by atoms with Crippen LogP contribution in [0.25, 0.3) is 0 Å². The Bertz CT molecular complexity index is 774. The Labute approximate surface area is 122 Å². The quantitative estimate of drug-likeness (QED) is 0.804. The van der Waals surface area contributed by atoms with Gasteiger partial charge in [-0.1, -0.05) is 25.9 Å². The highest BCUT2D eigenvalue weighted by Gasteiger charge is 2.54. The summed E-state index contributed by atoms with van der Waals surface area (Å²) in [6.45, 7) is 6.70. The molecular weight excluding hydrogens is 266 g/mol. The molecule has 2 aliphatic rings. The smallest absolute Gasteiger partial charge is 0.345 e. The average Bonchev–Trinajstić information content (AvgIpc) is 2.88. The summed E-state index contributed by atoms with van der Waals surface area (Å²) in [5, 5.41) is 4.00. The number of nitrogens with one attached hydrogen (secondary N) is 1. The lowest BCUT2D eigenvalue weighted by molar-refractivity contribution is 0.108. The molecule has 2 atom stereocenters. The van der Waals surface area contributed by atoms with E-state index in [1.54, 1.807) is 6.20 Å². The van der Waals surface area contributed by atoms with E-state index in [2.05, 4.69) is 35.9 Å². The summed E-state index contributed by atoms with van der Waals surface area (Å²) in [5.74, 6) is 1.42. The summed E-state index contributed by atoms with van der Waals surface area (Å²) in [7, 11) is 0. The minimum atomic E-state index is -0.260. The SMILES string of the molecule is CC1(C)c2oncc2C[C@]2(C)c3[nH]c(=O)ncc3CC[C@@H]12. The highest BCUT2D eigenvalue weighted by atomic mass is 16.5. The molecule has 0 aliphatic heterocycles. The minimum absolute atomic E-state index is 0.0866. The van der Waals surface area contributed by atoms with Crippen LogP contribution in [-0.2, 0) is 23.7 Å². The predicted octanol–water partition coefficient (Wildman–Crippen LogP) is 2.11. The van der Waals surface area contributed by atoms with E-state index in [0.29, 0.717) is 5.92 Å². The van der Waals surface area contributed by atoms with Crippen LogP contribution in [0.15, 0.2) is 21.7 Å². The lowest BCUT2D eigenvalue weighted by atomic mass is 9.51. The molecule has 2 heterocycles. The molecule has 1 N–H and O–H groups in total. The molecule has 2 aromatic rings. The summed E-state index contributed by atoms with van der Waals surface area (Å²) >= 11 is 0. The Kier molecular flexibility index (Phi) is 2.34. The molecule has 0 amide bonds. The van der Waals surface area contributed by atoms with Crippen molar-refractivity contribution < 1.29 is 4.52 Å². The van der Waals surface area contributed by atoms with Gasteiger partial charge >= 0.3 is 5.69 Å². The number of aromatic amines is 1. The summed E-state index contributed by atoms with van der Waals surface area (Å²) < 4.78 is 5.54. The molecule has 110 valence electrons. The number of aryl methyl sites for hydroxylation is 1. The largest absolute Gasteiger partial charge is 0.361 e. The summed E-state index contributed by atoms with van der Waals surface area (Å²) in [5.41, 5.74) is 2.94. The zero-order valence-electron chi connectivity index (χ0n) is 12.6. The highest BCUT2D eigenvalue weighted by molar-refractivity contribution is 5.40. The third-order valence-electron chi connectivity index (χ3n) is 5.59. The van der Waals surface area contributed by atoms with Crippen molar-refractivity contribution in [3.63, 3.8) is 0 Å². The van der Waals surface area contributed by atoms with E-state index >= 15 is 0 Å². The van der Waals surface area contributed by atoms with Gasteiger partial charge in [0.15, 0.2) is 0 Å². The number of H-pyrrole nitrogens is 1. The molecule has 0 spiro atoms. The van der Waals surface area contributed by atoms with Crippen LogP contribution in [0.3, 0.4) is 0 Å². The monoisotopic (exact) mass is 285 g/mol. The number of aromatic nitrogens is 3. The first-order valence-electron chi connectivity index (χ1n) is 7.45. The lowest BCUT2D eigenvalue weighted by Crippen LogP contribution is -2.52. The van der Waals surface area contributed by atoms with Crippen molar-refractivity contribution in [2.75, 3.05) is 0 Å². The highest BCUT2D eigenvalue weighted by Crippen LogP contribution is 2.55. The normalized spacial score (nSPS) is 29.4. The first-order valence-corrected chi connectivity index (χ1v) is 7.45. The predicted molar refractivity (Wildman–Crippen MR) is 77.3 cm³/mol. The molecule has 21 heavy (non-hydrogen) atoms. The maximum atomic E-state index is 11.7. The molecule has 2 aromatic heterocycles. The summed E-state index contributed by atoms with van der Waals surface area (Å²) in [6.07, 6.45) is 6.45. The molecule has 0 aromatic carbocycles. The van der Waals surface area contributed by atoms with Gasteiger partial charge < -0.3 is 9.51 Å². The molecule has 0 unspecified atom stereocenters. The van der Waals surface area contributed by atoms with Crippen molar-refractivity contribution in [1.29, 1.82) is 0 Å². The molecular formula is C16H19N3O2. The van der Waals surface area contributed by atoms with E-state index in [1.807, 2.05) is 6.20 Å². The number of rotatable bonds is 0. The van der Waals surface area contributed by atoms with Crippen LogP contribution in [0.5, 0.6) is 0 Å². The van der Waals surface area contributed by atoms with Crippen molar-refractivity contribution in [2.24, 2.45) is 5.92 Å². The Morgan fingerprint density at radius 3 is 2.90 bits per heavy atom. The summed E-state index contributed by atoms with van der Waals surface area (Å²) in [6, 6.07) is 0. The fraction of sp³-hybridized carbons (Fsp3) is 0.562. The van der Waals surface area contributed by atoms with E-state index in [9.17, 15) is 4.79 Å². The van der Waals surface area contributed by atoms with E-state index in [4.69, 9.17) is 4.52 Å². The van der Waals surface area contributed by atoms with Crippen LogP contribution in [0.4, 0.5) is 0 Å². The maximum absolute atomic E-state index is 11.7. The van der Waals surface area contributed by atoms with Gasteiger partial charge in [0.1, 0.15) is 5.76 Å². The van der Waals surface area contributed by atoms with Crippen LogP contribution in [0.1, 0.15) is 49.8 Å². The van der Waals surface area contributed by atoms with E-state index in [-0.39, 0.29) is 16.5 Å². The van der Waals surface area contributed by atoms with Crippen LogP contribution >= 0.6 is 0 Å². The lowest BCUT2D eigenvalue weighted by Gasteiger charge is -2.52. The van der Waals surface area contributed by atoms with Crippen LogP contribution in [-0.4, -0.2) is 15.1 Å².